The van der Waals surface area contributed by atoms with Crippen molar-refractivity contribution in [2.75, 3.05) is 13.4 Å². The molecule has 0 spiro atoms. The van der Waals surface area contributed by atoms with Crippen molar-refractivity contribution in [3.8, 4) is 5.75 Å². The summed E-state index contributed by atoms with van der Waals surface area (Å²) < 4.78 is 25.5. The second-order valence-electron chi connectivity index (χ2n) is 6.20. The maximum absolute atomic E-state index is 13.7. The second kappa shape index (κ2) is 8.55. The summed E-state index contributed by atoms with van der Waals surface area (Å²) in [6.45, 7) is 3.83. The maximum atomic E-state index is 13.7. The molecule has 9 heteroatoms. The minimum Gasteiger partial charge on any atom is -0.494 e. The molecule has 0 bridgehead atoms. The van der Waals surface area contributed by atoms with Gasteiger partial charge in [-0.05, 0) is 49.8 Å². The first-order valence-corrected chi connectivity index (χ1v) is 9.90. The van der Waals surface area contributed by atoms with Gasteiger partial charge in [-0.2, -0.15) is 4.98 Å². The number of hydrogen-bond donors (Lipinski definition) is 0. The Morgan fingerprint density at radius 1 is 1.29 bits per heavy atom. The first-order valence-electron chi connectivity index (χ1n) is 8.67. The maximum Gasteiger partial charge on any atom is 0.306 e. The summed E-state index contributed by atoms with van der Waals surface area (Å²) in [6, 6.07) is 4.47. The quantitative estimate of drug-likeness (QED) is 0.442. The largest absolute Gasteiger partial charge is 0.494 e. The van der Waals surface area contributed by atoms with Crippen LogP contribution in [0.15, 0.2) is 23.4 Å². The van der Waals surface area contributed by atoms with Crippen LogP contribution < -0.4 is 4.74 Å². The van der Waals surface area contributed by atoms with Gasteiger partial charge in [0, 0.05) is 17.8 Å². The number of thioether (sulfide) groups is 1. The van der Waals surface area contributed by atoms with E-state index in [4.69, 9.17) is 9.47 Å². The summed E-state index contributed by atoms with van der Waals surface area (Å²) in [5.41, 5.74) is 3.22. The lowest BCUT2D eigenvalue weighted by Gasteiger charge is -2.10. The SMILES string of the molecule is COc1ccc(COC(=O)CCc2c(C)nc3nc(SC)nn3c2C)cc1F. The van der Waals surface area contributed by atoms with Crippen molar-refractivity contribution in [1.82, 2.24) is 19.6 Å². The van der Waals surface area contributed by atoms with Crippen LogP contribution in [0.4, 0.5) is 4.39 Å². The van der Waals surface area contributed by atoms with Crippen LogP contribution in [0.1, 0.15) is 28.9 Å². The molecule has 0 aliphatic heterocycles. The zero-order chi connectivity index (χ0) is 20.3. The minimum absolute atomic E-state index is 0.00908. The summed E-state index contributed by atoms with van der Waals surface area (Å²) in [7, 11) is 1.40. The minimum atomic E-state index is -0.487. The molecule has 3 aromatic rings. The van der Waals surface area contributed by atoms with E-state index in [1.54, 1.807) is 10.6 Å². The molecule has 0 aliphatic carbocycles. The molecule has 3 rings (SSSR count). The molecule has 0 unspecified atom stereocenters. The molecule has 1 aromatic carbocycles. The Labute approximate surface area is 166 Å². The number of benzene rings is 1. The number of carbonyl (C=O) groups is 1. The van der Waals surface area contributed by atoms with E-state index in [0.29, 0.717) is 22.9 Å². The highest BCUT2D eigenvalue weighted by Gasteiger charge is 2.15. The summed E-state index contributed by atoms with van der Waals surface area (Å²) in [5.74, 6) is -0.147. The molecule has 0 saturated carbocycles. The molecule has 0 N–H and O–H groups in total. The van der Waals surface area contributed by atoms with Gasteiger partial charge in [-0.15, -0.1) is 5.10 Å². The molecule has 148 valence electrons. The van der Waals surface area contributed by atoms with Crippen molar-refractivity contribution in [3.05, 3.63) is 46.5 Å². The first kappa shape index (κ1) is 20.1. The van der Waals surface area contributed by atoms with Gasteiger partial charge in [0.2, 0.25) is 5.16 Å². The first-order chi connectivity index (χ1) is 13.4. The van der Waals surface area contributed by atoms with Crippen molar-refractivity contribution >= 4 is 23.5 Å². The average molecular weight is 404 g/mol. The van der Waals surface area contributed by atoms with Crippen molar-refractivity contribution in [3.63, 3.8) is 0 Å². The van der Waals surface area contributed by atoms with Crippen LogP contribution in [-0.2, 0) is 22.6 Å². The number of halogens is 1. The van der Waals surface area contributed by atoms with E-state index in [0.717, 1.165) is 17.0 Å². The summed E-state index contributed by atoms with van der Waals surface area (Å²) in [5, 5.41) is 5.05. The highest BCUT2D eigenvalue weighted by molar-refractivity contribution is 7.98. The normalized spacial score (nSPS) is 11.0. The molecular formula is C19H21FN4O3S. The topological polar surface area (TPSA) is 78.6 Å². The van der Waals surface area contributed by atoms with Gasteiger partial charge in [0.25, 0.3) is 5.78 Å². The lowest BCUT2D eigenvalue weighted by Crippen LogP contribution is -2.10. The Bertz CT molecular complexity index is 1020. The molecule has 0 radical (unpaired) electrons. The number of ether oxygens (including phenoxy) is 2. The molecular weight excluding hydrogens is 383 g/mol. The van der Waals surface area contributed by atoms with Crippen LogP contribution in [0.25, 0.3) is 5.78 Å². The monoisotopic (exact) mass is 404 g/mol. The molecule has 0 saturated heterocycles. The van der Waals surface area contributed by atoms with E-state index < -0.39 is 5.82 Å². The Kier molecular flexibility index (Phi) is 6.13. The third kappa shape index (κ3) is 4.24. The van der Waals surface area contributed by atoms with E-state index in [9.17, 15) is 9.18 Å². The van der Waals surface area contributed by atoms with Gasteiger partial charge in [-0.1, -0.05) is 17.8 Å². The smallest absolute Gasteiger partial charge is 0.306 e. The third-order valence-electron chi connectivity index (χ3n) is 4.41. The fourth-order valence-corrected chi connectivity index (χ4v) is 3.24. The van der Waals surface area contributed by atoms with Crippen LogP contribution >= 0.6 is 11.8 Å². The predicted octanol–water partition coefficient (Wildman–Crippen LogP) is 3.29. The van der Waals surface area contributed by atoms with Gasteiger partial charge in [0.05, 0.1) is 7.11 Å². The number of aromatic nitrogens is 4. The van der Waals surface area contributed by atoms with E-state index in [-0.39, 0.29) is 24.7 Å². The number of aryl methyl sites for hydroxylation is 2. The van der Waals surface area contributed by atoms with Crippen LogP contribution in [-0.4, -0.2) is 38.9 Å². The van der Waals surface area contributed by atoms with Gasteiger partial charge in [0.1, 0.15) is 6.61 Å². The zero-order valence-electron chi connectivity index (χ0n) is 16.2. The van der Waals surface area contributed by atoms with Crippen molar-refractivity contribution < 1.29 is 18.7 Å². The Morgan fingerprint density at radius 3 is 2.75 bits per heavy atom. The van der Waals surface area contributed by atoms with E-state index in [1.807, 2.05) is 20.1 Å². The highest BCUT2D eigenvalue weighted by atomic mass is 32.2. The number of esters is 1. The summed E-state index contributed by atoms with van der Waals surface area (Å²) in [4.78, 5) is 21.0. The van der Waals surface area contributed by atoms with E-state index in [2.05, 4.69) is 15.1 Å². The fourth-order valence-electron chi connectivity index (χ4n) is 2.90. The van der Waals surface area contributed by atoms with E-state index in [1.165, 1.54) is 31.0 Å². The number of carbonyl (C=O) groups excluding carboxylic acids is 1. The molecule has 2 aromatic heterocycles. The van der Waals surface area contributed by atoms with Crippen molar-refractivity contribution in [2.45, 2.75) is 38.5 Å². The van der Waals surface area contributed by atoms with Crippen LogP contribution in [0, 0.1) is 19.7 Å². The molecule has 0 amide bonds. The van der Waals surface area contributed by atoms with Crippen molar-refractivity contribution in [2.24, 2.45) is 0 Å². The fraction of sp³-hybridized carbons (Fsp3) is 0.368. The summed E-state index contributed by atoms with van der Waals surface area (Å²) >= 11 is 1.45. The molecule has 0 aliphatic rings. The van der Waals surface area contributed by atoms with Gasteiger partial charge < -0.3 is 9.47 Å². The van der Waals surface area contributed by atoms with Gasteiger partial charge in [-0.3, -0.25) is 4.79 Å². The number of fused-ring (bicyclic) bond motifs is 1. The van der Waals surface area contributed by atoms with Crippen molar-refractivity contribution in [1.29, 1.82) is 0 Å². The Balaban J connectivity index is 1.63. The molecule has 28 heavy (non-hydrogen) atoms. The molecule has 7 nitrogen and oxygen atoms in total. The second-order valence-corrected chi connectivity index (χ2v) is 6.97. The van der Waals surface area contributed by atoms with Gasteiger partial charge in [0.15, 0.2) is 11.6 Å². The average Bonchev–Trinajstić information content (AvgIpc) is 3.09. The lowest BCUT2D eigenvalue weighted by atomic mass is 10.1. The standard InChI is InChI=1S/C19H21FN4O3S/c1-11-14(12(2)24-18(21-11)22-19(23-24)28-4)6-8-17(25)27-10-13-5-7-16(26-3)15(20)9-13/h5,7,9H,6,8,10H2,1-4H3. The predicted molar refractivity (Wildman–Crippen MR) is 103 cm³/mol. The van der Waals surface area contributed by atoms with Crippen LogP contribution in [0.3, 0.4) is 0 Å². The third-order valence-corrected chi connectivity index (χ3v) is 4.95. The zero-order valence-corrected chi connectivity index (χ0v) is 17.0. The molecule has 0 fully saturated rings. The molecule has 2 heterocycles. The van der Waals surface area contributed by atoms with E-state index >= 15 is 0 Å². The van der Waals surface area contributed by atoms with Crippen LogP contribution in [0.5, 0.6) is 5.75 Å². The Morgan fingerprint density at radius 2 is 2.07 bits per heavy atom. The van der Waals surface area contributed by atoms with Gasteiger partial charge >= 0.3 is 5.97 Å². The molecule has 0 atom stereocenters. The number of hydrogen-bond acceptors (Lipinski definition) is 7. The van der Waals surface area contributed by atoms with Crippen LogP contribution in [0.2, 0.25) is 0 Å². The van der Waals surface area contributed by atoms with Gasteiger partial charge in [-0.25, -0.2) is 13.9 Å². The lowest BCUT2D eigenvalue weighted by molar-refractivity contribution is -0.144. The summed E-state index contributed by atoms with van der Waals surface area (Å²) in [6.07, 6.45) is 2.57. The highest BCUT2D eigenvalue weighted by Crippen LogP contribution is 2.20. The number of rotatable bonds is 7. The Hall–Kier alpha value is -2.68. The number of methoxy groups -OCH3 is 1. The number of nitrogens with zero attached hydrogens (tertiary/aromatic N) is 4.